The number of anilines is 2. The highest BCUT2D eigenvalue weighted by Crippen LogP contribution is 2.30. The van der Waals surface area contributed by atoms with Crippen molar-refractivity contribution in [2.45, 2.75) is 32.6 Å². The zero-order chi connectivity index (χ0) is 24.1. The van der Waals surface area contributed by atoms with E-state index in [0.717, 1.165) is 47.2 Å². The molecule has 0 aliphatic carbocycles. The van der Waals surface area contributed by atoms with Crippen molar-refractivity contribution in [3.63, 3.8) is 0 Å². The van der Waals surface area contributed by atoms with Gasteiger partial charge in [0.1, 0.15) is 5.84 Å². The van der Waals surface area contributed by atoms with Crippen molar-refractivity contribution >= 4 is 63.4 Å². The minimum absolute atomic E-state index is 0.00708. The van der Waals surface area contributed by atoms with Gasteiger partial charge in [0.25, 0.3) is 5.91 Å². The fourth-order valence-electron chi connectivity index (χ4n) is 4.30. The van der Waals surface area contributed by atoms with Gasteiger partial charge in [-0.15, -0.1) is 0 Å². The molecule has 0 saturated carbocycles. The Morgan fingerprint density at radius 1 is 1.21 bits per heavy atom. The van der Waals surface area contributed by atoms with Crippen LogP contribution in [0, 0.1) is 0 Å². The lowest BCUT2D eigenvalue weighted by atomic mass is 10.0. The van der Waals surface area contributed by atoms with Crippen LogP contribution in [0.1, 0.15) is 47.7 Å². The van der Waals surface area contributed by atoms with E-state index in [2.05, 4.69) is 51.2 Å². The number of aliphatic imine (C=N–C) groups is 1. The molecule has 2 heterocycles. The minimum Gasteiger partial charge on any atom is -0.387 e. The maximum absolute atomic E-state index is 13.1. The molecule has 2 aliphatic rings. The third-order valence-electron chi connectivity index (χ3n) is 5.97. The number of nitrogens with one attached hydrogen (secondary N) is 2. The SMILES string of the molecule is CCCN(CCI)C(=O)C1=Cc2ccc(C(=O)Nc3ccc4c(c3)NCCC4)cc2N=C(N)C1. The third kappa shape index (κ3) is 5.60. The number of amides is 2. The number of fused-ring (bicyclic) bond motifs is 2. The predicted octanol–water partition coefficient (Wildman–Crippen LogP) is 4.75. The van der Waals surface area contributed by atoms with Crippen LogP contribution in [-0.2, 0) is 11.2 Å². The molecule has 0 radical (unpaired) electrons. The molecule has 8 heteroatoms. The van der Waals surface area contributed by atoms with E-state index < -0.39 is 0 Å². The molecule has 4 N–H and O–H groups in total. The van der Waals surface area contributed by atoms with Crippen molar-refractivity contribution in [1.82, 2.24) is 4.90 Å². The molecule has 34 heavy (non-hydrogen) atoms. The Hall–Kier alpha value is -2.88. The summed E-state index contributed by atoms with van der Waals surface area (Å²) in [5.41, 5.74) is 11.7. The van der Waals surface area contributed by atoms with Gasteiger partial charge < -0.3 is 21.3 Å². The molecule has 0 unspecified atom stereocenters. The third-order valence-corrected chi connectivity index (χ3v) is 6.46. The Morgan fingerprint density at radius 3 is 2.85 bits per heavy atom. The van der Waals surface area contributed by atoms with E-state index in [4.69, 9.17) is 5.73 Å². The average molecular weight is 571 g/mol. The molecule has 0 bridgehead atoms. The fourth-order valence-corrected chi connectivity index (χ4v) is 4.88. The van der Waals surface area contributed by atoms with Gasteiger partial charge in [0.2, 0.25) is 5.91 Å². The van der Waals surface area contributed by atoms with E-state index in [0.29, 0.717) is 42.2 Å². The number of hydrogen-bond acceptors (Lipinski definition) is 5. The number of alkyl halides is 1. The van der Waals surface area contributed by atoms with Crippen LogP contribution < -0.4 is 16.4 Å². The second-order valence-electron chi connectivity index (χ2n) is 8.56. The number of halogens is 1. The van der Waals surface area contributed by atoms with Gasteiger partial charge in [0.05, 0.1) is 5.69 Å². The molecule has 2 amide bonds. The van der Waals surface area contributed by atoms with Crippen LogP contribution in [0.5, 0.6) is 0 Å². The summed E-state index contributed by atoms with van der Waals surface area (Å²) in [6, 6.07) is 11.3. The van der Waals surface area contributed by atoms with Crippen molar-refractivity contribution in [2.24, 2.45) is 10.7 Å². The van der Waals surface area contributed by atoms with Crippen LogP contribution >= 0.6 is 22.6 Å². The van der Waals surface area contributed by atoms with E-state index in [9.17, 15) is 9.59 Å². The van der Waals surface area contributed by atoms with Gasteiger partial charge in [-0.25, -0.2) is 4.99 Å². The number of carbonyl (C=O) groups is 2. The Kier molecular flexibility index (Phi) is 7.87. The molecule has 0 aromatic heterocycles. The molecular weight excluding hydrogens is 541 g/mol. The zero-order valence-electron chi connectivity index (χ0n) is 19.4. The summed E-state index contributed by atoms with van der Waals surface area (Å²) in [5.74, 6) is 0.142. The first-order valence-corrected chi connectivity index (χ1v) is 13.2. The van der Waals surface area contributed by atoms with Gasteiger partial charge in [-0.3, -0.25) is 9.59 Å². The van der Waals surface area contributed by atoms with Crippen LogP contribution in [-0.4, -0.2) is 46.6 Å². The zero-order valence-corrected chi connectivity index (χ0v) is 21.5. The summed E-state index contributed by atoms with van der Waals surface area (Å²) < 4.78 is 0.871. The lowest BCUT2D eigenvalue weighted by molar-refractivity contribution is -0.126. The molecule has 0 fully saturated rings. The highest BCUT2D eigenvalue weighted by molar-refractivity contribution is 14.1. The minimum atomic E-state index is -0.215. The number of nitrogens with two attached hydrogens (primary N) is 1. The Labute approximate surface area is 214 Å². The van der Waals surface area contributed by atoms with Gasteiger partial charge in [0, 0.05) is 58.6 Å². The predicted molar refractivity (Wildman–Crippen MR) is 147 cm³/mol. The highest BCUT2D eigenvalue weighted by Gasteiger charge is 2.21. The Morgan fingerprint density at radius 2 is 2.06 bits per heavy atom. The largest absolute Gasteiger partial charge is 0.387 e. The van der Waals surface area contributed by atoms with E-state index in [1.54, 1.807) is 12.1 Å². The fraction of sp³-hybridized carbons (Fsp3) is 0.346. The summed E-state index contributed by atoms with van der Waals surface area (Å²) in [5, 5.41) is 6.36. The molecule has 0 spiro atoms. The molecular formula is C26H30IN5O2. The van der Waals surface area contributed by atoms with E-state index in [-0.39, 0.29) is 11.8 Å². The average Bonchev–Trinajstić information content (AvgIpc) is 3.00. The highest BCUT2D eigenvalue weighted by atomic mass is 127. The van der Waals surface area contributed by atoms with Crippen molar-refractivity contribution in [3.8, 4) is 0 Å². The smallest absolute Gasteiger partial charge is 0.255 e. The second kappa shape index (κ2) is 11.0. The van der Waals surface area contributed by atoms with Crippen molar-refractivity contribution < 1.29 is 9.59 Å². The monoisotopic (exact) mass is 571 g/mol. The Bertz CT molecular complexity index is 1150. The number of rotatable bonds is 7. The first-order chi connectivity index (χ1) is 16.5. The molecule has 2 aliphatic heterocycles. The van der Waals surface area contributed by atoms with Crippen LogP contribution in [0.25, 0.3) is 6.08 Å². The number of aryl methyl sites for hydroxylation is 1. The number of hydrogen-bond donors (Lipinski definition) is 3. The summed E-state index contributed by atoms with van der Waals surface area (Å²) in [4.78, 5) is 32.5. The summed E-state index contributed by atoms with van der Waals surface area (Å²) in [7, 11) is 0. The van der Waals surface area contributed by atoms with E-state index in [1.165, 1.54) is 5.56 Å². The molecule has 178 valence electrons. The van der Waals surface area contributed by atoms with Gasteiger partial charge in [-0.05, 0) is 55.2 Å². The topological polar surface area (TPSA) is 99.8 Å². The van der Waals surface area contributed by atoms with Crippen molar-refractivity contribution in [1.29, 1.82) is 0 Å². The van der Waals surface area contributed by atoms with Gasteiger partial charge in [-0.1, -0.05) is 41.6 Å². The van der Waals surface area contributed by atoms with Crippen LogP contribution in [0.2, 0.25) is 0 Å². The summed E-state index contributed by atoms with van der Waals surface area (Å²) in [6.45, 7) is 4.42. The van der Waals surface area contributed by atoms with Crippen LogP contribution in [0.3, 0.4) is 0 Å². The molecule has 0 saturated heterocycles. The first kappa shape index (κ1) is 24.3. The molecule has 0 atom stereocenters. The van der Waals surface area contributed by atoms with Gasteiger partial charge in [-0.2, -0.15) is 0 Å². The molecule has 2 aromatic rings. The number of benzene rings is 2. The lowest BCUT2D eigenvalue weighted by Crippen LogP contribution is -2.35. The van der Waals surface area contributed by atoms with Crippen LogP contribution in [0.15, 0.2) is 47.0 Å². The molecule has 7 nitrogen and oxygen atoms in total. The number of nitrogens with zero attached hydrogens (tertiary/aromatic N) is 2. The number of amidine groups is 1. The normalized spacial score (nSPS) is 14.5. The maximum atomic E-state index is 13.1. The standard InChI is InChI=1S/C26H30IN5O2/c1-2-11-32(12-9-27)26(34)20-13-18-5-6-19(14-23(18)31-24(28)15-20)25(33)30-21-8-7-17-4-3-10-29-22(17)16-21/h5-8,13-14,16,29H,2-4,9-12,15H2,1H3,(H2,28,31)(H,30,33). The quantitative estimate of drug-likeness (QED) is 0.330. The number of carbonyl (C=O) groups excluding carboxylic acids is 2. The first-order valence-electron chi connectivity index (χ1n) is 11.7. The van der Waals surface area contributed by atoms with Crippen molar-refractivity contribution in [3.05, 3.63) is 58.7 Å². The van der Waals surface area contributed by atoms with Gasteiger partial charge in [0.15, 0.2) is 0 Å². The maximum Gasteiger partial charge on any atom is 0.255 e. The molecule has 4 rings (SSSR count). The summed E-state index contributed by atoms with van der Waals surface area (Å²) in [6.07, 6.45) is 5.21. The second-order valence-corrected chi connectivity index (χ2v) is 9.64. The van der Waals surface area contributed by atoms with Crippen LogP contribution in [0.4, 0.5) is 17.1 Å². The van der Waals surface area contributed by atoms with E-state index in [1.807, 2.05) is 29.2 Å². The van der Waals surface area contributed by atoms with Crippen molar-refractivity contribution in [2.75, 3.05) is 34.7 Å². The lowest BCUT2D eigenvalue weighted by Gasteiger charge is -2.22. The Balaban J connectivity index is 1.56. The summed E-state index contributed by atoms with van der Waals surface area (Å²) >= 11 is 2.28. The van der Waals surface area contributed by atoms with Gasteiger partial charge >= 0.3 is 0 Å². The van der Waals surface area contributed by atoms with E-state index >= 15 is 0 Å². The molecule has 2 aromatic carbocycles.